The van der Waals surface area contributed by atoms with Crippen LogP contribution in [0.1, 0.15) is 25.0 Å². The third-order valence-corrected chi connectivity index (χ3v) is 4.06. The van der Waals surface area contributed by atoms with Gasteiger partial charge in [0.05, 0.1) is 5.56 Å². The lowest BCUT2D eigenvalue weighted by atomic mass is 10.1. The summed E-state index contributed by atoms with van der Waals surface area (Å²) in [6.45, 7) is 8.10. The van der Waals surface area contributed by atoms with Gasteiger partial charge < -0.3 is 9.52 Å². The normalized spacial score (nSPS) is 11.4. The Bertz CT molecular complexity index is 690. The molecule has 0 aliphatic heterocycles. The van der Waals surface area contributed by atoms with Crippen LogP contribution in [0.4, 0.5) is 0 Å². The van der Waals surface area contributed by atoms with Gasteiger partial charge in [0, 0.05) is 11.9 Å². The van der Waals surface area contributed by atoms with E-state index < -0.39 is 5.63 Å². The van der Waals surface area contributed by atoms with Crippen molar-refractivity contribution < 1.29 is 9.52 Å². The first kappa shape index (κ1) is 14.9. The van der Waals surface area contributed by atoms with Crippen molar-refractivity contribution in [3.05, 3.63) is 38.7 Å². The van der Waals surface area contributed by atoms with Crippen LogP contribution in [0.3, 0.4) is 0 Å². The zero-order valence-corrected chi connectivity index (χ0v) is 12.6. The van der Waals surface area contributed by atoms with E-state index in [4.69, 9.17) is 16.0 Å². The Kier molecular flexibility index (Phi) is 4.35. The Labute approximate surface area is 122 Å². The third kappa shape index (κ3) is 2.53. The van der Waals surface area contributed by atoms with E-state index in [0.717, 1.165) is 18.5 Å². The Balaban J connectivity index is 2.70. The maximum atomic E-state index is 11.7. The van der Waals surface area contributed by atoms with Crippen LogP contribution in [0, 0.1) is 6.92 Å². The topological polar surface area (TPSA) is 53.7 Å². The molecule has 1 aromatic heterocycles. The number of phenols is 1. The fourth-order valence-electron chi connectivity index (χ4n) is 2.26. The summed E-state index contributed by atoms with van der Waals surface area (Å²) in [6.07, 6.45) is 0. The predicted molar refractivity (Wildman–Crippen MR) is 80.5 cm³/mol. The highest BCUT2D eigenvalue weighted by Crippen LogP contribution is 2.31. The van der Waals surface area contributed by atoms with Gasteiger partial charge in [-0.05, 0) is 37.7 Å². The van der Waals surface area contributed by atoms with Gasteiger partial charge in [0.1, 0.15) is 16.4 Å². The molecule has 0 aliphatic rings. The molecule has 5 heteroatoms. The van der Waals surface area contributed by atoms with Crippen LogP contribution < -0.4 is 5.63 Å². The summed E-state index contributed by atoms with van der Waals surface area (Å²) in [5.41, 5.74) is 1.16. The quantitative estimate of drug-likeness (QED) is 0.879. The van der Waals surface area contributed by atoms with E-state index in [1.807, 2.05) is 13.8 Å². The van der Waals surface area contributed by atoms with Crippen molar-refractivity contribution in [3.63, 3.8) is 0 Å². The number of aryl methyl sites for hydroxylation is 1. The molecule has 0 aliphatic carbocycles. The minimum Gasteiger partial charge on any atom is -0.507 e. The molecule has 1 aromatic carbocycles. The second kappa shape index (κ2) is 5.85. The average molecular weight is 296 g/mol. The van der Waals surface area contributed by atoms with Gasteiger partial charge in [-0.25, -0.2) is 4.79 Å². The van der Waals surface area contributed by atoms with E-state index >= 15 is 0 Å². The second-order valence-electron chi connectivity index (χ2n) is 4.73. The van der Waals surface area contributed by atoms with Crippen LogP contribution in [-0.4, -0.2) is 23.1 Å². The predicted octanol–water partition coefficient (Wildman–Crippen LogP) is 3.30. The summed E-state index contributed by atoms with van der Waals surface area (Å²) in [4.78, 5) is 13.9. The molecule has 0 radical (unpaired) electrons. The number of nitrogens with zero attached hydrogens (tertiary/aromatic N) is 1. The van der Waals surface area contributed by atoms with E-state index in [9.17, 15) is 9.90 Å². The van der Waals surface area contributed by atoms with Gasteiger partial charge in [-0.15, -0.1) is 0 Å². The van der Waals surface area contributed by atoms with E-state index in [0.29, 0.717) is 23.3 Å². The number of fused-ring (bicyclic) bond motifs is 1. The highest BCUT2D eigenvalue weighted by atomic mass is 35.5. The molecule has 0 atom stereocenters. The van der Waals surface area contributed by atoms with Gasteiger partial charge in [0.25, 0.3) is 0 Å². The van der Waals surface area contributed by atoms with Gasteiger partial charge in [0.15, 0.2) is 0 Å². The molecule has 1 N–H and O–H groups in total. The molecule has 0 saturated heterocycles. The van der Waals surface area contributed by atoms with E-state index in [1.165, 1.54) is 0 Å². The molecular formula is C15H18ClNO3. The maximum Gasteiger partial charge on any atom is 0.355 e. The molecule has 2 rings (SSSR count). The van der Waals surface area contributed by atoms with Gasteiger partial charge in [-0.2, -0.15) is 0 Å². The lowest BCUT2D eigenvalue weighted by molar-refractivity contribution is 0.290. The molecule has 0 fully saturated rings. The van der Waals surface area contributed by atoms with Crippen LogP contribution >= 0.6 is 11.6 Å². The lowest BCUT2D eigenvalue weighted by Gasteiger charge is -2.19. The standard InChI is InChI=1S/C15H18ClNO3/c1-4-17(5-2)8-11-12(18)7-6-10-9(3)13(16)15(19)20-14(10)11/h6-7,18H,4-5,8H2,1-3H3. The van der Waals surface area contributed by atoms with Crippen molar-refractivity contribution in [1.29, 1.82) is 0 Å². The second-order valence-corrected chi connectivity index (χ2v) is 5.11. The van der Waals surface area contributed by atoms with Crippen LogP contribution in [0.15, 0.2) is 21.3 Å². The van der Waals surface area contributed by atoms with Gasteiger partial charge in [-0.1, -0.05) is 25.4 Å². The molecule has 0 unspecified atom stereocenters. The summed E-state index contributed by atoms with van der Waals surface area (Å²) in [5, 5.41) is 10.9. The van der Waals surface area contributed by atoms with E-state index in [2.05, 4.69) is 4.90 Å². The minimum absolute atomic E-state index is 0.0944. The highest BCUT2D eigenvalue weighted by molar-refractivity contribution is 6.31. The number of rotatable bonds is 4. The Morgan fingerprint density at radius 2 is 1.95 bits per heavy atom. The highest BCUT2D eigenvalue weighted by Gasteiger charge is 2.16. The number of benzene rings is 1. The Morgan fingerprint density at radius 1 is 1.30 bits per heavy atom. The third-order valence-electron chi connectivity index (χ3n) is 3.62. The molecule has 20 heavy (non-hydrogen) atoms. The minimum atomic E-state index is -0.567. The lowest BCUT2D eigenvalue weighted by Crippen LogP contribution is -2.22. The summed E-state index contributed by atoms with van der Waals surface area (Å²) in [7, 11) is 0. The average Bonchev–Trinajstić information content (AvgIpc) is 2.44. The number of phenolic OH excluding ortho intramolecular Hbond substituents is 1. The fourth-order valence-corrected chi connectivity index (χ4v) is 2.40. The molecule has 0 amide bonds. The van der Waals surface area contributed by atoms with Gasteiger partial charge in [0.2, 0.25) is 0 Å². The summed E-state index contributed by atoms with van der Waals surface area (Å²) < 4.78 is 5.30. The van der Waals surface area contributed by atoms with Crippen molar-refractivity contribution in [1.82, 2.24) is 4.90 Å². The first-order chi connectivity index (χ1) is 9.49. The summed E-state index contributed by atoms with van der Waals surface area (Å²) >= 11 is 5.93. The molecule has 0 bridgehead atoms. The van der Waals surface area contributed by atoms with Crippen LogP contribution in [0.25, 0.3) is 11.0 Å². The molecule has 108 valence electrons. The molecular weight excluding hydrogens is 278 g/mol. The first-order valence-electron chi connectivity index (χ1n) is 6.65. The number of hydrogen-bond acceptors (Lipinski definition) is 4. The van der Waals surface area contributed by atoms with Crippen molar-refractivity contribution in [2.24, 2.45) is 0 Å². The fraction of sp³-hybridized carbons (Fsp3) is 0.400. The largest absolute Gasteiger partial charge is 0.507 e. The van der Waals surface area contributed by atoms with Gasteiger partial charge >= 0.3 is 5.63 Å². The number of hydrogen-bond donors (Lipinski definition) is 1. The van der Waals surface area contributed by atoms with Crippen molar-refractivity contribution in [2.45, 2.75) is 27.3 Å². The summed E-state index contributed by atoms with van der Waals surface area (Å²) in [6, 6.07) is 3.34. The van der Waals surface area contributed by atoms with Crippen molar-refractivity contribution in [2.75, 3.05) is 13.1 Å². The smallest absolute Gasteiger partial charge is 0.355 e. The van der Waals surface area contributed by atoms with E-state index in [-0.39, 0.29) is 10.8 Å². The number of halogens is 1. The monoisotopic (exact) mass is 295 g/mol. The zero-order valence-electron chi connectivity index (χ0n) is 11.9. The zero-order chi connectivity index (χ0) is 14.9. The maximum absolute atomic E-state index is 11.7. The van der Waals surface area contributed by atoms with Crippen LogP contribution in [-0.2, 0) is 6.54 Å². The summed E-state index contributed by atoms with van der Waals surface area (Å²) in [5.74, 6) is 0.134. The SMILES string of the molecule is CCN(CC)Cc1c(O)ccc2c(C)c(Cl)c(=O)oc12. The molecule has 4 nitrogen and oxygen atoms in total. The molecule has 0 saturated carbocycles. The van der Waals surface area contributed by atoms with E-state index in [1.54, 1.807) is 19.1 Å². The van der Waals surface area contributed by atoms with Gasteiger partial charge in [-0.3, -0.25) is 4.90 Å². The molecule has 1 heterocycles. The number of aromatic hydroxyl groups is 1. The van der Waals surface area contributed by atoms with Crippen LogP contribution in [0.5, 0.6) is 5.75 Å². The van der Waals surface area contributed by atoms with Crippen LogP contribution in [0.2, 0.25) is 5.02 Å². The Hall–Kier alpha value is -1.52. The molecule has 0 spiro atoms. The van der Waals surface area contributed by atoms with Crippen molar-refractivity contribution in [3.8, 4) is 5.75 Å². The van der Waals surface area contributed by atoms with Crippen molar-refractivity contribution >= 4 is 22.6 Å². The molecule has 2 aromatic rings. The first-order valence-corrected chi connectivity index (χ1v) is 7.03. The Morgan fingerprint density at radius 3 is 2.55 bits per heavy atom.